The summed E-state index contributed by atoms with van der Waals surface area (Å²) in [5.41, 5.74) is 4.38. The lowest BCUT2D eigenvalue weighted by Gasteiger charge is -2.10. The van der Waals surface area contributed by atoms with Crippen LogP contribution in [-0.2, 0) is 0 Å². The minimum Gasteiger partial charge on any atom is -0.494 e. The van der Waals surface area contributed by atoms with Crippen molar-refractivity contribution in [2.75, 3.05) is 19.0 Å². The molecule has 0 bridgehead atoms. The highest BCUT2D eigenvalue weighted by molar-refractivity contribution is 7.80. The van der Waals surface area contributed by atoms with Gasteiger partial charge < -0.3 is 19.5 Å². The van der Waals surface area contributed by atoms with Gasteiger partial charge in [0.1, 0.15) is 11.6 Å². The van der Waals surface area contributed by atoms with Crippen molar-refractivity contribution in [1.82, 2.24) is 5.43 Å². The van der Waals surface area contributed by atoms with Crippen LogP contribution in [0.25, 0.3) is 0 Å². The number of nitrogens with zero attached hydrogens (tertiary/aromatic N) is 1. The molecule has 0 saturated heterocycles. The Labute approximate surface area is 202 Å². The molecule has 0 fully saturated rings. The molecule has 0 aliphatic carbocycles. The SMILES string of the molecule is CCCOc1ccc(C(=O)Oc2ccc(C=NNC(=S)Nc3ccc(F)cc3)cc2OC)cc1. The average molecular weight is 482 g/mol. The number of hydrogen-bond donors (Lipinski definition) is 2. The molecule has 3 aromatic carbocycles. The molecule has 176 valence electrons. The fourth-order valence-electron chi connectivity index (χ4n) is 2.77. The lowest BCUT2D eigenvalue weighted by molar-refractivity contribution is 0.0729. The highest BCUT2D eigenvalue weighted by atomic mass is 32.1. The van der Waals surface area contributed by atoms with Crippen LogP contribution in [0.5, 0.6) is 17.2 Å². The van der Waals surface area contributed by atoms with Gasteiger partial charge in [0, 0.05) is 5.69 Å². The second kappa shape index (κ2) is 12.3. The topological polar surface area (TPSA) is 81.2 Å². The number of benzene rings is 3. The summed E-state index contributed by atoms with van der Waals surface area (Å²) in [7, 11) is 1.48. The number of thiocarbonyl (C=S) groups is 1. The van der Waals surface area contributed by atoms with E-state index in [2.05, 4.69) is 15.8 Å². The van der Waals surface area contributed by atoms with Crippen molar-refractivity contribution in [3.05, 3.63) is 83.7 Å². The van der Waals surface area contributed by atoms with Gasteiger partial charge in [-0.1, -0.05) is 6.92 Å². The molecule has 2 N–H and O–H groups in total. The molecule has 0 aromatic heterocycles. The first-order valence-corrected chi connectivity index (χ1v) is 10.9. The monoisotopic (exact) mass is 481 g/mol. The minimum atomic E-state index is -0.513. The van der Waals surface area contributed by atoms with E-state index < -0.39 is 5.97 Å². The van der Waals surface area contributed by atoms with E-state index in [4.69, 9.17) is 26.4 Å². The second-order valence-electron chi connectivity index (χ2n) is 7.00. The van der Waals surface area contributed by atoms with E-state index in [0.717, 1.165) is 6.42 Å². The Hall–Kier alpha value is -3.98. The molecular formula is C25H24FN3O4S. The van der Waals surface area contributed by atoms with Gasteiger partial charge in [-0.3, -0.25) is 5.43 Å². The third-order valence-electron chi connectivity index (χ3n) is 4.44. The Kier molecular flexibility index (Phi) is 8.93. The van der Waals surface area contributed by atoms with E-state index in [0.29, 0.717) is 34.9 Å². The number of hydrogen-bond acceptors (Lipinski definition) is 6. The summed E-state index contributed by atoms with van der Waals surface area (Å²) in [6.07, 6.45) is 2.43. The number of nitrogens with one attached hydrogen (secondary N) is 2. The molecule has 0 aliphatic rings. The number of ether oxygens (including phenoxy) is 3. The number of methoxy groups -OCH3 is 1. The van der Waals surface area contributed by atoms with Crippen LogP contribution < -0.4 is 25.0 Å². The lowest BCUT2D eigenvalue weighted by Crippen LogP contribution is -2.23. The maximum absolute atomic E-state index is 13.0. The van der Waals surface area contributed by atoms with E-state index in [-0.39, 0.29) is 16.7 Å². The summed E-state index contributed by atoms with van der Waals surface area (Å²) in [4.78, 5) is 12.5. The van der Waals surface area contributed by atoms with Crippen LogP contribution in [-0.4, -0.2) is 31.0 Å². The molecule has 0 amide bonds. The zero-order valence-electron chi connectivity index (χ0n) is 18.7. The van der Waals surface area contributed by atoms with Crippen molar-refractivity contribution in [2.45, 2.75) is 13.3 Å². The van der Waals surface area contributed by atoms with E-state index in [9.17, 15) is 9.18 Å². The Bertz CT molecular complexity index is 1150. The predicted octanol–water partition coefficient (Wildman–Crippen LogP) is 5.16. The molecule has 34 heavy (non-hydrogen) atoms. The zero-order chi connectivity index (χ0) is 24.3. The molecule has 0 spiro atoms. The largest absolute Gasteiger partial charge is 0.494 e. The van der Waals surface area contributed by atoms with Gasteiger partial charge in [-0.05, 0) is 90.9 Å². The van der Waals surface area contributed by atoms with Gasteiger partial charge in [0.2, 0.25) is 0 Å². The summed E-state index contributed by atoms with van der Waals surface area (Å²) >= 11 is 5.16. The minimum absolute atomic E-state index is 0.242. The standard InChI is InChI=1S/C25H24FN3O4S/c1-3-14-32-21-11-5-18(6-12-21)24(30)33-22-13-4-17(15-23(22)31-2)16-27-29-25(34)28-20-9-7-19(26)8-10-20/h4-13,15-16H,3,14H2,1-2H3,(H2,28,29,34). The fraction of sp³-hybridized carbons (Fsp3) is 0.160. The first-order valence-electron chi connectivity index (χ1n) is 10.5. The van der Waals surface area contributed by atoms with Crippen molar-refractivity contribution in [3.8, 4) is 17.2 Å². The number of carbonyl (C=O) groups excluding carboxylic acids is 1. The van der Waals surface area contributed by atoms with Gasteiger partial charge in [-0.25, -0.2) is 9.18 Å². The molecule has 3 aromatic rings. The summed E-state index contributed by atoms with van der Waals surface area (Å²) in [5, 5.41) is 7.20. The molecule has 9 heteroatoms. The van der Waals surface area contributed by atoms with Crippen molar-refractivity contribution < 1.29 is 23.4 Å². The van der Waals surface area contributed by atoms with Crippen LogP contribution in [0.15, 0.2) is 71.8 Å². The Morgan fingerprint density at radius 3 is 2.47 bits per heavy atom. The number of esters is 1. The second-order valence-corrected chi connectivity index (χ2v) is 7.41. The van der Waals surface area contributed by atoms with Gasteiger partial charge in [-0.2, -0.15) is 5.10 Å². The van der Waals surface area contributed by atoms with E-state index >= 15 is 0 Å². The van der Waals surface area contributed by atoms with Crippen molar-refractivity contribution >= 4 is 35.2 Å². The quantitative estimate of drug-likeness (QED) is 0.144. The number of hydrazone groups is 1. The molecule has 0 radical (unpaired) electrons. The van der Waals surface area contributed by atoms with Gasteiger partial charge >= 0.3 is 5.97 Å². The van der Waals surface area contributed by atoms with E-state index in [1.54, 1.807) is 54.6 Å². The summed E-state index contributed by atoms with van der Waals surface area (Å²) in [6, 6.07) is 17.5. The summed E-state index contributed by atoms with van der Waals surface area (Å²) in [5.74, 6) is 0.492. The van der Waals surface area contributed by atoms with Crippen molar-refractivity contribution in [3.63, 3.8) is 0 Å². The molecule has 0 atom stereocenters. The smallest absolute Gasteiger partial charge is 0.343 e. The fourth-order valence-corrected chi connectivity index (χ4v) is 2.94. The van der Waals surface area contributed by atoms with Crippen LogP contribution in [0, 0.1) is 5.82 Å². The highest BCUT2D eigenvalue weighted by Crippen LogP contribution is 2.28. The maximum atomic E-state index is 13.0. The van der Waals surface area contributed by atoms with E-state index in [1.165, 1.54) is 25.5 Å². The van der Waals surface area contributed by atoms with Gasteiger partial charge in [0.25, 0.3) is 0 Å². The first kappa shape index (κ1) is 24.7. The summed E-state index contributed by atoms with van der Waals surface area (Å²) in [6.45, 7) is 2.64. The van der Waals surface area contributed by atoms with Crippen LogP contribution in [0.4, 0.5) is 10.1 Å². The third kappa shape index (κ3) is 7.28. The highest BCUT2D eigenvalue weighted by Gasteiger charge is 2.13. The molecule has 0 aliphatic heterocycles. The Balaban J connectivity index is 1.58. The Morgan fingerprint density at radius 2 is 1.79 bits per heavy atom. The number of anilines is 1. The van der Waals surface area contributed by atoms with Crippen molar-refractivity contribution in [1.29, 1.82) is 0 Å². The molecule has 3 rings (SSSR count). The van der Waals surface area contributed by atoms with Crippen molar-refractivity contribution in [2.24, 2.45) is 5.10 Å². The van der Waals surface area contributed by atoms with Crippen LogP contribution in [0.2, 0.25) is 0 Å². The predicted molar refractivity (Wildman–Crippen MR) is 134 cm³/mol. The zero-order valence-corrected chi connectivity index (χ0v) is 19.5. The molecule has 0 saturated carbocycles. The first-order chi connectivity index (χ1) is 16.5. The van der Waals surface area contributed by atoms with Crippen LogP contribution in [0.1, 0.15) is 29.3 Å². The normalized spacial score (nSPS) is 10.6. The maximum Gasteiger partial charge on any atom is 0.343 e. The van der Waals surface area contributed by atoms with Crippen LogP contribution in [0.3, 0.4) is 0 Å². The lowest BCUT2D eigenvalue weighted by atomic mass is 10.2. The molecule has 7 nitrogen and oxygen atoms in total. The third-order valence-corrected chi connectivity index (χ3v) is 4.63. The van der Waals surface area contributed by atoms with Gasteiger partial charge in [-0.15, -0.1) is 0 Å². The average Bonchev–Trinajstić information content (AvgIpc) is 2.85. The van der Waals surface area contributed by atoms with Crippen LogP contribution >= 0.6 is 12.2 Å². The molecule has 0 heterocycles. The van der Waals surface area contributed by atoms with E-state index in [1.807, 2.05) is 6.92 Å². The molecular weight excluding hydrogens is 457 g/mol. The number of rotatable bonds is 9. The molecule has 0 unspecified atom stereocenters. The summed E-state index contributed by atoms with van der Waals surface area (Å²) < 4.78 is 29.3. The van der Waals surface area contributed by atoms with Gasteiger partial charge in [0.05, 0.1) is 25.5 Å². The number of carbonyl (C=O) groups is 1. The number of halogens is 1. The van der Waals surface area contributed by atoms with Gasteiger partial charge in [0.15, 0.2) is 16.6 Å². The Morgan fingerprint density at radius 1 is 1.06 bits per heavy atom.